The number of ketones is 1. The first kappa shape index (κ1) is 13.2. The van der Waals surface area contributed by atoms with Crippen LogP contribution in [0.25, 0.3) is 0 Å². The van der Waals surface area contributed by atoms with Crippen molar-refractivity contribution < 1.29 is 14.3 Å². The predicted molar refractivity (Wildman–Crippen MR) is 65.8 cm³/mol. The lowest BCUT2D eigenvalue weighted by Crippen LogP contribution is -2.08. The van der Waals surface area contributed by atoms with Crippen molar-refractivity contribution in [1.29, 1.82) is 0 Å². The van der Waals surface area contributed by atoms with E-state index in [9.17, 15) is 4.79 Å². The SMILES string of the molecule is COCC(=O)CCCOc1cccc(Br)c1. The number of methoxy groups -OCH3 is 1. The fourth-order valence-corrected chi connectivity index (χ4v) is 1.63. The first-order chi connectivity index (χ1) is 7.72. The van der Waals surface area contributed by atoms with E-state index in [1.165, 1.54) is 7.11 Å². The molecular weight excluding hydrogens is 272 g/mol. The molecule has 0 aromatic heterocycles. The largest absolute Gasteiger partial charge is 0.494 e. The van der Waals surface area contributed by atoms with Crippen molar-refractivity contribution in [2.45, 2.75) is 12.8 Å². The monoisotopic (exact) mass is 286 g/mol. The van der Waals surface area contributed by atoms with Crippen LogP contribution in [-0.4, -0.2) is 26.1 Å². The Morgan fingerprint density at radius 2 is 2.25 bits per heavy atom. The highest BCUT2D eigenvalue weighted by Gasteiger charge is 2.01. The van der Waals surface area contributed by atoms with Gasteiger partial charge >= 0.3 is 0 Å². The summed E-state index contributed by atoms with van der Waals surface area (Å²) in [6, 6.07) is 7.64. The van der Waals surface area contributed by atoms with Gasteiger partial charge < -0.3 is 9.47 Å². The molecule has 16 heavy (non-hydrogen) atoms. The minimum Gasteiger partial charge on any atom is -0.494 e. The van der Waals surface area contributed by atoms with Crippen molar-refractivity contribution in [2.75, 3.05) is 20.3 Å². The van der Waals surface area contributed by atoms with Crippen LogP contribution in [0.15, 0.2) is 28.7 Å². The first-order valence-corrected chi connectivity index (χ1v) is 5.90. The maximum Gasteiger partial charge on any atom is 0.158 e. The van der Waals surface area contributed by atoms with Gasteiger partial charge in [-0.25, -0.2) is 0 Å². The molecule has 0 fully saturated rings. The zero-order valence-corrected chi connectivity index (χ0v) is 10.8. The number of carbonyl (C=O) groups is 1. The number of hydrogen-bond donors (Lipinski definition) is 0. The van der Waals surface area contributed by atoms with Crippen LogP contribution < -0.4 is 4.74 Å². The summed E-state index contributed by atoms with van der Waals surface area (Å²) in [6.45, 7) is 0.739. The number of halogens is 1. The Kier molecular flexibility index (Phi) is 6.11. The average Bonchev–Trinajstić information content (AvgIpc) is 2.25. The predicted octanol–water partition coefficient (Wildman–Crippen LogP) is 2.82. The normalized spacial score (nSPS) is 10.1. The summed E-state index contributed by atoms with van der Waals surface area (Å²) in [4.78, 5) is 11.1. The molecule has 88 valence electrons. The van der Waals surface area contributed by atoms with E-state index >= 15 is 0 Å². The van der Waals surface area contributed by atoms with Crippen LogP contribution in [0.3, 0.4) is 0 Å². The quantitative estimate of drug-likeness (QED) is 0.723. The maximum atomic E-state index is 11.1. The van der Waals surface area contributed by atoms with Crippen molar-refractivity contribution in [3.8, 4) is 5.75 Å². The molecule has 0 saturated heterocycles. The number of rotatable bonds is 7. The molecule has 4 heteroatoms. The highest BCUT2D eigenvalue weighted by atomic mass is 79.9. The number of hydrogen-bond acceptors (Lipinski definition) is 3. The molecule has 0 unspecified atom stereocenters. The number of carbonyl (C=O) groups excluding carboxylic acids is 1. The van der Waals surface area contributed by atoms with Crippen molar-refractivity contribution in [1.82, 2.24) is 0 Å². The molecule has 1 aromatic rings. The minimum absolute atomic E-state index is 0.111. The lowest BCUT2D eigenvalue weighted by Gasteiger charge is -2.05. The highest BCUT2D eigenvalue weighted by molar-refractivity contribution is 9.10. The molecule has 0 saturated carbocycles. The third-order valence-electron chi connectivity index (χ3n) is 1.97. The van der Waals surface area contributed by atoms with Crippen molar-refractivity contribution in [2.24, 2.45) is 0 Å². The van der Waals surface area contributed by atoms with E-state index in [0.29, 0.717) is 19.4 Å². The molecular formula is C12H15BrO3. The minimum atomic E-state index is 0.111. The lowest BCUT2D eigenvalue weighted by atomic mass is 10.2. The average molecular weight is 287 g/mol. The van der Waals surface area contributed by atoms with Gasteiger partial charge in [-0.3, -0.25) is 4.79 Å². The third-order valence-corrected chi connectivity index (χ3v) is 2.46. The number of Topliss-reactive ketones (excluding diaryl/α,β-unsaturated/α-hetero) is 1. The summed E-state index contributed by atoms with van der Waals surface area (Å²) in [6.07, 6.45) is 1.22. The summed E-state index contributed by atoms with van der Waals surface area (Å²) in [5.74, 6) is 0.925. The van der Waals surface area contributed by atoms with Gasteiger partial charge in [0.1, 0.15) is 12.4 Å². The molecule has 0 bridgehead atoms. The van der Waals surface area contributed by atoms with E-state index in [0.717, 1.165) is 10.2 Å². The number of ether oxygens (including phenoxy) is 2. The van der Waals surface area contributed by atoms with Crippen LogP contribution in [0.4, 0.5) is 0 Å². The fraction of sp³-hybridized carbons (Fsp3) is 0.417. The van der Waals surface area contributed by atoms with Gasteiger partial charge in [-0.05, 0) is 24.6 Å². The fourth-order valence-electron chi connectivity index (χ4n) is 1.25. The Bertz CT molecular complexity index is 339. The Morgan fingerprint density at radius 3 is 2.94 bits per heavy atom. The van der Waals surface area contributed by atoms with E-state index in [1.54, 1.807) is 0 Å². The van der Waals surface area contributed by atoms with Crippen LogP contribution in [0, 0.1) is 0 Å². The third kappa shape index (κ3) is 5.28. The van der Waals surface area contributed by atoms with Crippen molar-refractivity contribution >= 4 is 21.7 Å². The van der Waals surface area contributed by atoms with Gasteiger partial charge in [-0.1, -0.05) is 22.0 Å². The Labute approximate surface area is 104 Å². The lowest BCUT2D eigenvalue weighted by molar-refractivity contribution is -0.122. The van der Waals surface area contributed by atoms with Gasteiger partial charge in [0.05, 0.1) is 6.61 Å². The second-order valence-corrected chi connectivity index (χ2v) is 4.30. The summed E-state index contributed by atoms with van der Waals surface area (Å²) in [5, 5.41) is 0. The summed E-state index contributed by atoms with van der Waals surface area (Å²) >= 11 is 3.36. The summed E-state index contributed by atoms with van der Waals surface area (Å²) in [7, 11) is 1.52. The van der Waals surface area contributed by atoms with Crippen LogP contribution in [0.2, 0.25) is 0 Å². The molecule has 1 aromatic carbocycles. The second-order valence-electron chi connectivity index (χ2n) is 3.38. The van der Waals surface area contributed by atoms with Crippen molar-refractivity contribution in [3.05, 3.63) is 28.7 Å². The molecule has 0 atom stereocenters. The van der Waals surface area contributed by atoms with Gasteiger partial charge in [0.25, 0.3) is 0 Å². The van der Waals surface area contributed by atoms with E-state index in [4.69, 9.17) is 9.47 Å². The molecule has 0 radical (unpaired) electrons. The van der Waals surface area contributed by atoms with Crippen LogP contribution in [0.5, 0.6) is 5.75 Å². The standard InChI is InChI=1S/C12H15BrO3/c1-15-9-11(14)5-3-7-16-12-6-2-4-10(13)8-12/h2,4,6,8H,3,5,7,9H2,1H3. The zero-order chi connectivity index (χ0) is 11.8. The molecule has 0 heterocycles. The van der Waals surface area contributed by atoms with Gasteiger partial charge in [-0.2, -0.15) is 0 Å². The first-order valence-electron chi connectivity index (χ1n) is 5.11. The van der Waals surface area contributed by atoms with E-state index in [1.807, 2.05) is 24.3 Å². The number of benzene rings is 1. The Morgan fingerprint density at radius 1 is 1.44 bits per heavy atom. The van der Waals surface area contributed by atoms with Crippen LogP contribution >= 0.6 is 15.9 Å². The van der Waals surface area contributed by atoms with E-state index in [2.05, 4.69) is 15.9 Å². The molecule has 0 N–H and O–H groups in total. The van der Waals surface area contributed by atoms with Crippen LogP contribution in [0.1, 0.15) is 12.8 Å². The molecule has 0 aliphatic carbocycles. The van der Waals surface area contributed by atoms with Gasteiger partial charge in [0.2, 0.25) is 0 Å². The molecule has 0 amide bonds. The van der Waals surface area contributed by atoms with E-state index < -0.39 is 0 Å². The van der Waals surface area contributed by atoms with Gasteiger partial charge in [0.15, 0.2) is 5.78 Å². The molecule has 0 aliphatic heterocycles. The molecule has 3 nitrogen and oxygen atoms in total. The molecule has 0 spiro atoms. The van der Waals surface area contributed by atoms with E-state index in [-0.39, 0.29) is 12.4 Å². The maximum absolute atomic E-state index is 11.1. The Balaban J connectivity index is 2.18. The topological polar surface area (TPSA) is 35.5 Å². The van der Waals surface area contributed by atoms with Gasteiger partial charge in [-0.15, -0.1) is 0 Å². The zero-order valence-electron chi connectivity index (χ0n) is 9.24. The van der Waals surface area contributed by atoms with Gasteiger partial charge in [0, 0.05) is 18.0 Å². The summed E-state index contributed by atoms with van der Waals surface area (Å²) < 4.78 is 11.2. The summed E-state index contributed by atoms with van der Waals surface area (Å²) in [5.41, 5.74) is 0. The smallest absolute Gasteiger partial charge is 0.158 e. The van der Waals surface area contributed by atoms with Crippen molar-refractivity contribution in [3.63, 3.8) is 0 Å². The second kappa shape index (κ2) is 7.41. The molecule has 1 rings (SSSR count). The highest BCUT2D eigenvalue weighted by Crippen LogP contribution is 2.17. The Hall–Kier alpha value is -0.870. The molecule has 0 aliphatic rings. The van der Waals surface area contributed by atoms with Crippen LogP contribution in [-0.2, 0) is 9.53 Å².